The summed E-state index contributed by atoms with van der Waals surface area (Å²) in [4.78, 5) is 71.5. The number of nitrogens with zero attached hydrogens (tertiary/aromatic N) is 3. The molecule has 4 heterocycles. The average Bonchev–Trinajstić information content (AvgIpc) is 3.77. The number of benzene rings is 4. The van der Waals surface area contributed by atoms with Crippen LogP contribution in [0.5, 0.6) is 0 Å². The molecule has 260 valence electrons. The number of carbonyl (C=O) groups excluding carboxylic acids is 2. The summed E-state index contributed by atoms with van der Waals surface area (Å²) < 4.78 is 4.71. The monoisotopic (exact) mass is 695 g/mol. The maximum Gasteiger partial charge on any atom is 0.337 e. The molecule has 14 heteroatoms. The molecular weight excluding hydrogens is 662 g/mol. The number of methoxy groups -OCH3 is 1. The number of imidazole rings is 2. The molecule has 0 bridgehead atoms. The van der Waals surface area contributed by atoms with Gasteiger partial charge in [0.2, 0.25) is 0 Å². The first-order valence-corrected chi connectivity index (χ1v) is 16.2. The zero-order valence-corrected chi connectivity index (χ0v) is 28.3. The largest absolute Gasteiger partial charge is 0.465 e. The highest BCUT2D eigenvalue weighted by Crippen LogP contribution is 2.30. The number of hydrogen-bond donors (Lipinski definition) is 6. The molecule has 0 saturated heterocycles. The van der Waals surface area contributed by atoms with Crippen molar-refractivity contribution in [2.75, 3.05) is 32.2 Å². The van der Waals surface area contributed by atoms with Gasteiger partial charge in [0, 0.05) is 29.9 Å². The number of para-hydroxylation sites is 2. The second-order valence-electron chi connectivity index (χ2n) is 12.0. The molecule has 8 rings (SSSR count). The topological polar surface area (TPSA) is 222 Å². The second-order valence-corrected chi connectivity index (χ2v) is 12.0. The third-order valence-corrected chi connectivity index (χ3v) is 8.85. The fourth-order valence-electron chi connectivity index (χ4n) is 6.01. The van der Waals surface area contributed by atoms with Crippen molar-refractivity contribution >= 4 is 67.1 Å². The smallest absolute Gasteiger partial charge is 0.337 e. The highest BCUT2D eigenvalue weighted by molar-refractivity contribution is 6.01. The molecule has 52 heavy (non-hydrogen) atoms. The predicted octanol–water partition coefficient (Wildman–Crippen LogP) is 5.19. The first kappa shape index (κ1) is 33.3. The van der Waals surface area contributed by atoms with Crippen molar-refractivity contribution in [2.45, 2.75) is 6.92 Å². The van der Waals surface area contributed by atoms with Crippen molar-refractivity contribution in [3.8, 4) is 22.8 Å². The van der Waals surface area contributed by atoms with Gasteiger partial charge < -0.3 is 41.0 Å². The number of nitrogen functional groups attached to an aromatic ring is 2. The minimum Gasteiger partial charge on any atom is -0.465 e. The standard InChI is InChI=1S/C20H19N5O2.C18H14N4O3/c1-3-25(2)20(27)11-8-9-14-15(10-11)23-18(22-14)16-17(21)12-6-4-5-7-13(12)24-19(16)26;1-25-18(24)9-6-7-12-13(8-9)21-16(20-12)14-15(19)10-4-2-3-5-11(10)22-17(14)23/h4-10H,3H2,1-2H3,(H,22,23)(H3,21,24,26);2-8H,1H3,(H,20,21)(H3,19,22,23). The van der Waals surface area contributed by atoms with Gasteiger partial charge in [0.25, 0.3) is 17.0 Å². The van der Waals surface area contributed by atoms with Gasteiger partial charge in [0.15, 0.2) is 0 Å². The zero-order chi connectivity index (χ0) is 36.7. The van der Waals surface area contributed by atoms with E-state index in [1.807, 2.05) is 43.3 Å². The van der Waals surface area contributed by atoms with Gasteiger partial charge in [-0.15, -0.1) is 0 Å². The summed E-state index contributed by atoms with van der Waals surface area (Å²) in [7, 11) is 3.07. The molecule has 8 N–H and O–H groups in total. The van der Waals surface area contributed by atoms with Crippen molar-refractivity contribution in [3.63, 3.8) is 0 Å². The third kappa shape index (κ3) is 5.87. The molecule has 0 spiro atoms. The lowest BCUT2D eigenvalue weighted by Gasteiger charge is -2.14. The lowest BCUT2D eigenvalue weighted by Crippen LogP contribution is -2.26. The van der Waals surface area contributed by atoms with E-state index in [1.165, 1.54) is 7.11 Å². The molecule has 0 unspecified atom stereocenters. The van der Waals surface area contributed by atoms with Crippen LogP contribution >= 0.6 is 0 Å². The van der Waals surface area contributed by atoms with Crippen LogP contribution in [0.15, 0.2) is 94.5 Å². The Morgan fingerprint density at radius 3 is 1.62 bits per heavy atom. The van der Waals surface area contributed by atoms with Crippen LogP contribution < -0.4 is 22.6 Å². The SMILES string of the molecule is CCN(C)C(=O)c1ccc2nc(-c3c(N)c4ccccc4[nH]c3=O)[nH]c2c1.COC(=O)c1ccc2nc(-c3c(N)c4ccccc4[nH]c3=O)[nH]c2c1. The number of hydrogen-bond acceptors (Lipinski definition) is 9. The number of anilines is 2. The van der Waals surface area contributed by atoms with E-state index >= 15 is 0 Å². The highest BCUT2D eigenvalue weighted by atomic mass is 16.5. The minimum atomic E-state index is -0.443. The first-order chi connectivity index (χ1) is 25.1. The summed E-state index contributed by atoms with van der Waals surface area (Å²) in [6.45, 7) is 2.54. The average molecular weight is 696 g/mol. The van der Waals surface area contributed by atoms with E-state index in [1.54, 1.807) is 60.5 Å². The van der Waals surface area contributed by atoms with Crippen LogP contribution in [0.4, 0.5) is 11.4 Å². The number of aromatic nitrogens is 6. The molecule has 4 aromatic heterocycles. The van der Waals surface area contributed by atoms with Crippen LogP contribution in [0.1, 0.15) is 27.6 Å². The number of H-pyrrole nitrogens is 4. The van der Waals surface area contributed by atoms with Crippen LogP contribution in [0.25, 0.3) is 66.6 Å². The van der Waals surface area contributed by atoms with E-state index in [-0.39, 0.29) is 22.6 Å². The maximum atomic E-state index is 12.6. The van der Waals surface area contributed by atoms with E-state index in [4.69, 9.17) is 16.2 Å². The maximum absolute atomic E-state index is 12.6. The minimum absolute atomic E-state index is 0.0707. The molecule has 14 nitrogen and oxygen atoms in total. The highest BCUT2D eigenvalue weighted by Gasteiger charge is 2.19. The molecule has 0 atom stereocenters. The number of fused-ring (bicyclic) bond motifs is 4. The second kappa shape index (κ2) is 13.2. The Morgan fingerprint density at radius 2 is 1.13 bits per heavy atom. The number of rotatable bonds is 5. The summed E-state index contributed by atoms with van der Waals surface area (Å²) in [5.74, 6) is 0.212. The lowest BCUT2D eigenvalue weighted by atomic mass is 10.1. The Balaban J connectivity index is 0.000000162. The van der Waals surface area contributed by atoms with Gasteiger partial charge in [0.05, 0.1) is 57.1 Å². The Kier molecular flexibility index (Phi) is 8.48. The van der Waals surface area contributed by atoms with Crippen LogP contribution in [0, 0.1) is 0 Å². The number of nitrogens with one attached hydrogen (secondary N) is 4. The number of pyridine rings is 2. The zero-order valence-electron chi connectivity index (χ0n) is 28.3. The predicted molar refractivity (Wildman–Crippen MR) is 202 cm³/mol. The van der Waals surface area contributed by atoms with E-state index in [9.17, 15) is 19.2 Å². The first-order valence-electron chi connectivity index (χ1n) is 16.2. The Bertz CT molecular complexity index is 2810. The third-order valence-electron chi connectivity index (χ3n) is 8.85. The molecule has 0 aliphatic rings. The van der Waals surface area contributed by atoms with E-state index in [0.29, 0.717) is 79.4 Å². The van der Waals surface area contributed by atoms with Crippen molar-refractivity contribution in [1.82, 2.24) is 34.8 Å². The van der Waals surface area contributed by atoms with E-state index < -0.39 is 5.97 Å². The summed E-state index contributed by atoms with van der Waals surface area (Å²) in [5.41, 5.74) is 18.0. The van der Waals surface area contributed by atoms with Crippen LogP contribution in [-0.2, 0) is 4.74 Å². The molecule has 0 fully saturated rings. The van der Waals surface area contributed by atoms with Crippen molar-refractivity contribution < 1.29 is 14.3 Å². The summed E-state index contributed by atoms with van der Waals surface area (Å²) in [5, 5.41) is 1.50. The molecule has 0 aliphatic heterocycles. The number of esters is 1. The van der Waals surface area contributed by atoms with Gasteiger partial charge in [-0.2, -0.15) is 0 Å². The number of nitrogens with two attached hydrogens (primary N) is 2. The number of ether oxygens (including phenoxy) is 1. The molecular formula is C38H33N9O5. The molecule has 0 radical (unpaired) electrons. The van der Waals surface area contributed by atoms with Crippen molar-refractivity contribution in [2.24, 2.45) is 0 Å². The van der Waals surface area contributed by atoms with Gasteiger partial charge in [-0.3, -0.25) is 14.4 Å². The fraction of sp³-hybridized carbons (Fsp3) is 0.105. The normalized spacial score (nSPS) is 11.1. The molecule has 0 saturated carbocycles. The van der Waals surface area contributed by atoms with Gasteiger partial charge >= 0.3 is 5.97 Å². The number of carbonyl (C=O) groups is 2. The quantitative estimate of drug-likeness (QED) is 0.130. The van der Waals surface area contributed by atoms with Gasteiger partial charge in [-0.05, 0) is 55.5 Å². The number of aromatic amines is 4. The molecule has 8 aromatic rings. The van der Waals surface area contributed by atoms with Crippen molar-refractivity contribution in [1.29, 1.82) is 0 Å². The summed E-state index contributed by atoms with van der Waals surface area (Å²) in [6, 6.07) is 24.8. The van der Waals surface area contributed by atoms with Gasteiger partial charge in [0.1, 0.15) is 22.8 Å². The van der Waals surface area contributed by atoms with Crippen LogP contribution in [-0.4, -0.2) is 67.4 Å². The summed E-state index contributed by atoms with van der Waals surface area (Å²) in [6.07, 6.45) is 0. The van der Waals surface area contributed by atoms with Crippen LogP contribution in [0.3, 0.4) is 0 Å². The fourth-order valence-corrected chi connectivity index (χ4v) is 6.01. The molecule has 4 aromatic carbocycles. The van der Waals surface area contributed by atoms with Crippen LogP contribution in [0.2, 0.25) is 0 Å². The van der Waals surface area contributed by atoms with E-state index in [0.717, 1.165) is 10.8 Å². The lowest BCUT2D eigenvalue weighted by molar-refractivity contribution is 0.0600. The van der Waals surface area contributed by atoms with E-state index in [2.05, 4.69) is 29.9 Å². The molecule has 0 aliphatic carbocycles. The molecule has 1 amide bonds. The van der Waals surface area contributed by atoms with Gasteiger partial charge in [-0.1, -0.05) is 36.4 Å². The van der Waals surface area contributed by atoms with Crippen molar-refractivity contribution in [3.05, 3.63) is 117 Å². The Labute approximate surface area is 294 Å². The Morgan fingerprint density at radius 1 is 0.673 bits per heavy atom. The number of amides is 1. The van der Waals surface area contributed by atoms with Gasteiger partial charge in [-0.25, -0.2) is 14.8 Å². The Hall–Kier alpha value is -7.22. The summed E-state index contributed by atoms with van der Waals surface area (Å²) >= 11 is 0.